The van der Waals surface area contributed by atoms with Crippen molar-refractivity contribution in [2.75, 3.05) is 64.4 Å². The average molecular weight is 667 g/mol. The van der Waals surface area contributed by atoms with Crippen molar-refractivity contribution in [3.05, 3.63) is 36.5 Å². The van der Waals surface area contributed by atoms with Gasteiger partial charge < -0.3 is 46.6 Å². The van der Waals surface area contributed by atoms with Gasteiger partial charge in [-0.2, -0.15) is 34.2 Å². The summed E-state index contributed by atoms with van der Waals surface area (Å²) >= 11 is 0.702. The van der Waals surface area contributed by atoms with Crippen LogP contribution in [0, 0.1) is 0 Å². The summed E-state index contributed by atoms with van der Waals surface area (Å²) in [5, 5.41) is 45.9. The summed E-state index contributed by atoms with van der Waals surface area (Å²) in [6, 6.07) is 6.84. The van der Waals surface area contributed by atoms with Gasteiger partial charge >= 0.3 is 37.7 Å². The van der Waals surface area contributed by atoms with Crippen molar-refractivity contribution < 1.29 is 75.5 Å². The number of benzene rings is 1. The first-order valence-corrected chi connectivity index (χ1v) is 15.0. The summed E-state index contributed by atoms with van der Waals surface area (Å²) in [7, 11) is -4.44. The van der Waals surface area contributed by atoms with Gasteiger partial charge in [-0.3, -0.25) is 5.04 Å². The van der Waals surface area contributed by atoms with E-state index in [1.807, 2.05) is 0 Å². The van der Waals surface area contributed by atoms with Crippen molar-refractivity contribution in [1.29, 1.82) is 0 Å². The van der Waals surface area contributed by atoms with Crippen LogP contribution in [-0.2, 0) is 19.5 Å². The van der Waals surface area contributed by atoms with E-state index in [1.54, 1.807) is 24.3 Å². The number of nitrogens with one attached hydrogen (secondary N) is 5. The van der Waals surface area contributed by atoms with E-state index in [0.717, 1.165) is 0 Å². The van der Waals surface area contributed by atoms with Crippen molar-refractivity contribution in [2.45, 2.75) is 6.42 Å². The third-order valence-electron chi connectivity index (χ3n) is 4.79. The standard InChI is InChI=1S/C22H30N12O8S2.2Li/c1-14(13-36)26-20-30-18(24-7-10-43-42-41-37)32-22(34-20)28-16-5-2-4-15(12-16)27-21-31-17(23-6-3-9-35)29-19(33-21)25-8-11-44(38,39)40;;/h2,4-5,7,12,35-37H,1,3,6,8-11,13H2,(H,38,39,40)(H2,26,28,30,32,34)(H3,23,25,27,29,31,33);;/q;2*+1/p-2/b24-7-;;. The number of nitrogens with zero attached hydrogens (tertiary/aromatic N) is 7. The number of hydrogen-bond donors (Lipinski definition) is 7. The van der Waals surface area contributed by atoms with Gasteiger partial charge in [0.1, 0.15) is 0 Å². The maximum Gasteiger partial charge on any atom is 1.00 e. The third-order valence-corrected chi connectivity index (χ3v) is 5.93. The smallest absolute Gasteiger partial charge is 0.748 e. The van der Waals surface area contributed by atoms with Crippen LogP contribution in [0.5, 0.6) is 0 Å². The third kappa shape index (κ3) is 15.9. The molecule has 238 valence electrons. The molecule has 1 aromatic carbocycles. The molecule has 0 saturated carbocycles. The van der Waals surface area contributed by atoms with E-state index in [0.29, 0.717) is 36.4 Å². The molecule has 0 aliphatic heterocycles. The Morgan fingerprint density at radius 1 is 0.957 bits per heavy atom. The van der Waals surface area contributed by atoms with Crippen molar-refractivity contribution in [3.8, 4) is 0 Å². The summed E-state index contributed by atoms with van der Waals surface area (Å²) in [6.07, 6.45) is 1.81. The largest absolute Gasteiger partial charge is 1.00 e. The molecule has 0 amide bonds. The number of aliphatic hydroxyl groups is 2. The van der Waals surface area contributed by atoms with Crippen LogP contribution in [0.1, 0.15) is 6.42 Å². The molecule has 20 nitrogen and oxygen atoms in total. The van der Waals surface area contributed by atoms with Gasteiger partial charge in [0.25, 0.3) is 5.95 Å². The zero-order chi connectivity index (χ0) is 31.8. The molecule has 0 aliphatic carbocycles. The normalized spacial score (nSPS) is 10.9. The zero-order valence-electron chi connectivity index (χ0n) is 24.8. The van der Waals surface area contributed by atoms with Crippen molar-refractivity contribution >= 4 is 75.4 Å². The minimum absolute atomic E-state index is 0. The fourth-order valence-electron chi connectivity index (χ4n) is 3.02. The predicted octanol–water partition coefficient (Wildman–Crippen LogP) is -6.20. The first kappa shape index (κ1) is 40.9. The van der Waals surface area contributed by atoms with Crippen molar-refractivity contribution in [2.24, 2.45) is 4.99 Å². The second-order valence-electron chi connectivity index (χ2n) is 8.23. The maximum atomic E-state index is 11.0. The number of rotatable bonds is 20. The Morgan fingerprint density at radius 3 is 2.15 bits per heavy atom. The number of aliphatic hydroxyl groups excluding tert-OH is 2. The molecule has 3 rings (SSSR count). The van der Waals surface area contributed by atoms with E-state index in [9.17, 15) is 23.3 Å². The molecule has 7 N–H and O–H groups in total. The quantitative estimate of drug-likeness (QED) is 0.0112. The summed E-state index contributed by atoms with van der Waals surface area (Å²) in [5.41, 5.74) is 1.27. The first-order valence-electron chi connectivity index (χ1n) is 12.5. The van der Waals surface area contributed by atoms with Crippen molar-refractivity contribution in [1.82, 2.24) is 29.9 Å². The fourth-order valence-corrected chi connectivity index (χ4v) is 3.60. The van der Waals surface area contributed by atoms with Crippen LogP contribution < -0.4 is 69.6 Å². The van der Waals surface area contributed by atoms with Crippen LogP contribution in [0.25, 0.3) is 0 Å². The van der Waals surface area contributed by atoms with Gasteiger partial charge in [0.05, 0.1) is 28.2 Å². The van der Waals surface area contributed by atoms with Crippen molar-refractivity contribution in [3.63, 3.8) is 0 Å². The summed E-state index contributed by atoms with van der Waals surface area (Å²) < 4.78 is 37.0. The van der Waals surface area contributed by atoms with Crippen LogP contribution >= 0.6 is 12.0 Å². The summed E-state index contributed by atoms with van der Waals surface area (Å²) in [6.45, 7) is 3.37. The molecule has 46 heavy (non-hydrogen) atoms. The molecule has 2 aromatic heterocycles. The van der Waals surface area contributed by atoms with Crippen LogP contribution in [0.2, 0.25) is 0 Å². The molecular formula is C22H28Li2N12O8S2. The van der Waals surface area contributed by atoms with E-state index in [-0.39, 0.29) is 105 Å². The Labute approximate surface area is 291 Å². The van der Waals surface area contributed by atoms with Gasteiger partial charge in [0.2, 0.25) is 29.7 Å². The number of hydrogen-bond acceptors (Lipinski definition) is 21. The Bertz CT molecular complexity index is 1530. The van der Waals surface area contributed by atoms with E-state index >= 15 is 0 Å². The Kier molecular flexibility index (Phi) is 19.3. The minimum atomic E-state index is -4.44. The molecule has 0 atom stereocenters. The molecule has 24 heteroatoms. The van der Waals surface area contributed by atoms with E-state index in [1.165, 1.54) is 6.21 Å². The van der Waals surface area contributed by atoms with Gasteiger partial charge in [-0.1, -0.05) is 12.6 Å². The molecule has 2 heterocycles. The molecule has 0 fully saturated rings. The van der Waals surface area contributed by atoms with Gasteiger partial charge in [0.15, 0.2) is 0 Å². The molecule has 0 bridgehead atoms. The molecule has 0 saturated heterocycles. The monoisotopic (exact) mass is 666 g/mol. The molecule has 0 radical (unpaired) electrons. The van der Waals surface area contributed by atoms with E-state index < -0.39 is 15.9 Å². The Balaban J connectivity index is 0.00000529. The van der Waals surface area contributed by atoms with Crippen LogP contribution in [-0.4, -0.2) is 97.1 Å². The predicted molar refractivity (Wildman–Crippen MR) is 159 cm³/mol. The molecule has 0 unspecified atom stereocenters. The number of aliphatic imine (C=N–C) groups is 1. The number of aromatic nitrogens is 6. The second-order valence-corrected chi connectivity index (χ2v) is 10.5. The van der Waals surface area contributed by atoms with Gasteiger partial charge in [-0.05, 0) is 24.6 Å². The van der Waals surface area contributed by atoms with Crippen LogP contribution in [0.3, 0.4) is 0 Å². The van der Waals surface area contributed by atoms with Gasteiger partial charge in [0, 0.05) is 55.0 Å². The molecule has 0 aliphatic rings. The molecule has 0 spiro atoms. The fraction of sp³-hybridized carbons (Fsp3) is 0.318. The number of anilines is 7. The summed E-state index contributed by atoms with van der Waals surface area (Å²) in [5.74, 6) is -0.143. The minimum Gasteiger partial charge on any atom is -0.748 e. The SMILES string of the molecule is C=C(CO)Nc1nc(/N=C\CSOO[O-])nc(Nc2cccc(Nc3nc(NCCCO)nc(NCCS(=O)(=O)[O-])n3)c2)n1.[Li+].[Li+]. The Morgan fingerprint density at radius 2 is 1.54 bits per heavy atom. The van der Waals surface area contributed by atoms with Crippen LogP contribution in [0.15, 0.2) is 41.5 Å². The topological polar surface area (TPSA) is 289 Å². The first-order chi connectivity index (χ1) is 21.2. The van der Waals surface area contributed by atoms with E-state index in [2.05, 4.69) is 77.4 Å². The zero-order valence-corrected chi connectivity index (χ0v) is 26.5. The second kappa shape index (κ2) is 21.7. The average Bonchev–Trinajstić information content (AvgIpc) is 2.96. The summed E-state index contributed by atoms with van der Waals surface area (Å²) in [4.78, 5) is 29.4. The van der Waals surface area contributed by atoms with Gasteiger partial charge in [-0.15, -0.1) is 0 Å². The maximum absolute atomic E-state index is 11.0. The van der Waals surface area contributed by atoms with Crippen LogP contribution in [0.4, 0.5) is 47.1 Å². The molecular weight excluding hydrogens is 638 g/mol. The van der Waals surface area contributed by atoms with E-state index in [4.69, 9.17) is 5.11 Å². The van der Waals surface area contributed by atoms with Gasteiger partial charge in [-0.25, -0.2) is 13.4 Å². The molecule has 3 aromatic rings. The Hall–Kier alpha value is -3.10.